The molecule has 0 bridgehead atoms. The van der Waals surface area contributed by atoms with Gasteiger partial charge in [0, 0.05) is 42.4 Å². The summed E-state index contributed by atoms with van der Waals surface area (Å²) >= 11 is 3.46. The summed E-state index contributed by atoms with van der Waals surface area (Å²) in [5.41, 5.74) is 0. The van der Waals surface area contributed by atoms with Gasteiger partial charge in [-0.05, 0) is 37.8 Å². The van der Waals surface area contributed by atoms with Crippen LogP contribution in [0.25, 0.3) is 0 Å². The Bertz CT molecular complexity index is 836. The number of ether oxygens (including phenoxy) is 2. The van der Waals surface area contributed by atoms with Crippen LogP contribution in [-0.2, 0) is 15.9 Å². The Kier molecular flexibility index (Phi) is 7.33. The maximum Gasteiger partial charge on any atom is 0.415 e. The number of anilines is 1. The van der Waals surface area contributed by atoms with Crippen LogP contribution in [0.1, 0.15) is 62.6 Å². The van der Waals surface area contributed by atoms with Gasteiger partial charge < -0.3 is 14.0 Å². The normalized spacial score (nSPS) is 17.1. The molecule has 0 spiro atoms. The van der Waals surface area contributed by atoms with E-state index in [9.17, 15) is 4.79 Å². The second-order valence-corrected chi connectivity index (χ2v) is 8.73. The molecule has 2 aromatic rings. The predicted octanol–water partition coefficient (Wildman–Crippen LogP) is 4.64. The molecule has 0 N–H and O–H groups in total. The lowest BCUT2D eigenvalue weighted by Gasteiger charge is -2.27. The summed E-state index contributed by atoms with van der Waals surface area (Å²) in [6.45, 7) is 1.81. The molecule has 0 radical (unpaired) electrons. The monoisotopic (exact) mass is 478 g/mol. The average molecular weight is 479 g/mol. The Balaban J connectivity index is 1.28. The van der Waals surface area contributed by atoms with Crippen molar-refractivity contribution in [3.05, 3.63) is 34.5 Å². The van der Waals surface area contributed by atoms with E-state index in [-0.39, 0.29) is 12.2 Å². The van der Waals surface area contributed by atoms with Gasteiger partial charge in [-0.1, -0.05) is 27.5 Å². The minimum atomic E-state index is -0.347. The maximum absolute atomic E-state index is 12.9. The molecule has 1 aliphatic heterocycles. The summed E-state index contributed by atoms with van der Waals surface area (Å²) < 4.78 is 17.3. The topological polar surface area (TPSA) is 90.6 Å². The molecule has 3 heterocycles. The predicted molar refractivity (Wildman–Crippen MR) is 113 cm³/mol. The zero-order chi connectivity index (χ0) is 20.8. The lowest BCUT2D eigenvalue weighted by atomic mass is 10.1. The second kappa shape index (κ2) is 10.3. The van der Waals surface area contributed by atoms with Crippen molar-refractivity contribution in [3.63, 3.8) is 0 Å². The number of carbonyl (C=O) groups is 1. The number of aryl methyl sites for hydroxylation is 1. The van der Waals surface area contributed by atoms with Crippen molar-refractivity contribution in [1.82, 2.24) is 15.1 Å². The molecule has 1 amide bonds. The number of amides is 1. The Labute approximate surface area is 184 Å². The van der Waals surface area contributed by atoms with Crippen molar-refractivity contribution in [3.8, 4) is 0 Å². The third-order valence-electron chi connectivity index (χ3n) is 5.33. The highest BCUT2D eigenvalue weighted by molar-refractivity contribution is 9.10. The first-order valence-electron chi connectivity index (χ1n) is 10.7. The zero-order valence-corrected chi connectivity index (χ0v) is 18.6. The lowest BCUT2D eigenvalue weighted by Crippen LogP contribution is -2.37. The van der Waals surface area contributed by atoms with Gasteiger partial charge in [0.05, 0.1) is 13.2 Å². The van der Waals surface area contributed by atoms with Crippen LogP contribution in [0.5, 0.6) is 0 Å². The van der Waals surface area contributed by atoms with Gasteiger partial charge in [0.15, 0.2) is 5.82 Å². The van der Waals surface area contributed by atoms with E-state index >= 15 is 0 Å². The fourth-order valence-corrected chi connectivity index (χ4v) is 3.76. The lowest BCUT2D eigenvalue weighted by molar-refractivity contribution is 0.00374. The van der Waals surface area contributed by atoms with E-state index < -0.39 is 0 Å². The third-order valence-corrected chi connectivity index (χ3v) is 5.83. The van der Waals surface area contributed by atoms with Crippen LogP contribution < -0.4 is 4.90 Å². The van der Waals surface area contributed by atoms with E-state index in [1.165, 1.54) is 0 Å². The first kappa shape index (κ1) is 21.2. The molecule has 4 rings (SSSR count). The van der Waals surface area contributed by atoms with E-state index in [1.54, 1.807) is 11.1 Å². The molecule has 30 heavy (non-hydrogen) atoms. The van der Waals surface area contributed by atoms with Crippen molar-refractivity contribution in [2.45, 2.75) is 63.4 Å². The maximum atomic E-state index is 12.9. The largest absolute Gasteiger partial charge is 0.446 e. The molecule has 162 valence electrons. The number of halogens is 1. The van der Waals surface area contributed by atoms with E-state index in [1.807, 2.05) is 12.1 Å². The van der Waals surface area contributed by atoms with Gasteiger partial charge >= 0.3 is 6.09 Å². The first-order chi connectivity index (χ1) is 14.7. The number of nitrogens with zero attached hydrogens (tertiary/aromatic N) is 4. The van der Waals surface area contributed by atoms with Gasteiger partial charge in [-0.2, -0.15) is 4.98 Å². The second-order valence-electron chi connectivity index (χ2n) is 7.81. The van der Waals surface area contributed by atoms with E-state index in [0.29, 0.717) is 31.5 Å². The number of pyridine rings is 1. The Hall–Kier alpha value is -2.00. The van der Waals surface area contributed by atoms with Gasteiger partial charge in [-0.15, -0.1) is 0 Å². The van der Waals surface area contributed by atoms with Crippen molar-refractivity contribution >= 4 is 27.8 Å². The van der Waals surface area contributed by atoms with Gasteiger partial charge in [-0.25, -0.2) is 9.78 Å². The molecular weight excluding hydrogens is 452 g/mol. The molecule has 1 saturated heterocycles. The number of aromatic nitrogens is 3. The summed E-state index contributed by atoms with van der Waals surface area (Å²) in [5, 5.41) is 4.06. The van der Waals surface area contributed by atoms with E-state index in [2.05, 4.69) is 31.1 Å². The van der Waals surface area contributed by atoms with Crippen LogP contribution in [0.4, 0.5) is 10.6 Å². The number of hydrogen-bond acceptors (Lipinski definition) is 7. The molecule has 0 unspecified atom stereocenters. The van der Waals surface area contributed by atoms with Crippen molar-refractivity contribution in [2.75, 3.05) is 24.7 Å². The van der Waals surface area contributed by atoms with Crippen molar-refractivity contribution in [2.24, 2.45) is 0 Å². The van der Waals surface area contributed by atoms with Crippen LogP contribution in [0.15, 0.2) is 27.3 Å². The molecule has 2 aliphatic rings. The minimum Gasteiger partial charge on any atom is -0.446 e. The molecule has 9 heteroatoms. The molecule has 0 aromatic carbocycles. The molecule has 1 saturated carbocycles. The fraction of sp³-hybridized carbons (Fsp3) is 0.619. The van der Waals surface area contributed by atoms with Crippen LogP contribution in [0.3, 0.4) is 0 Å². The highest BCUT2D eigenvalue weighted by atomic mass is 79.9. The van der Waals surface area contributed by atoms with Gasteiger partial charge in [0.25, 0.3) is 0 Å². The Morgan fingerprint density at radius 2 is 2.03 bits per heavy atom. The summed E-state index contributed by atoms with van der Waals surface area (Å²) in [7, 11) is 0. The smallest absolute Gasteiger partial charge is 0.415 e. The molecule has 8 nitrogen and oxygen atoms in total. The van der Waals surface area contributed by atoms with E-state index in [4.69, 9.17) is 14.0 Å². The number of rotatable bonds is 9. The van der Waals surface area contributed by atoms with Crippen LogP contribution >= 0.6 is 15.9 Å². The molecular formula is C21H27BrN4O4. The number of unbranched alkanes of at least 4 members (excludes halogenated alkanes) is 2. The minimum absolute atomic E-state index is 0.0974. The molecule has 0 atom stereocenters. The summed E-state index contributed by atoms with van der Waals surface area (Å²) in [6.07, 6.45) is 8.54. The summed E-state index contributed by atoms with van der Waals surface area (Å²) in [5.74, 6) is 2.64. The quantitative estimate of drug-likeness (QED) is 0.484. The van der Waals surface area contributed by atoms with E-state index in [0.717, 1.165) is 67.6 Å². The Morgan fingerprint density at radius 3 is 2.80 bits per heavy atom. The van der Waals surface area contributed by atoms with Crippen LogP contribution in [0, 0.1) is 0 Å². The average Bonchev–Trinajstić information content (AvgIpc) is 3.49. The van der Waals surface area contributed by atoms with Gasteiger partial charge in [0.2, 0.25) is 5.89 Å². The summed E-state index contributed by atoms with van der Waals surface area (Å²) in [4.78, 5) is 23.3. The third kappa shape index (κ3) is 6.01. The van der Waals surface area contributed by atoms with Crippen LogP contribution in [0.2, 0.25) is 0 Å². The van der Waals surface area contributed by atoms with Crippen molar-refractivity contribution < 1.29 is 18.8 Å². The highest BCUT2D eigenvalue weighted by Crippen LogP contribution is 2.38. The first-order valence-corrected chi connectivity index (χ1v) is 11.5. The zero-order valence-electron chi connectivity index (χ0n) is 17.0. The molecule has 1 aliphatic carbocycles. The van der Waals surface area contributed by atoms with Crippen LogP contribution in [-0.4, -0.2) is 47.1 Å². The van der Waals surface area contributed by atoms with Gasteiger partial charge in [-0.3, -0.25) is 4.90 Å². The Morgan fingerprint density at radius 1 is 1.20 bits per heavy atom. The molecule has 2 aromatic heterocycles. The number of hydrogen-bond donors (Lipinski definition) is 0. The van der Waals surface area contributed by atoms with Crippen molar-refractivity contribution in [1.29, 1.82) is 0 Å². The van der Waals surface area contributed by atoms with Gasteiger partial charge in [0.1, 0.15) is 11.9 Å². The standard InChI is InChI=1S/C21H27BrN4O4/c22-16-7-10-23-19(14-16)26(21(27)29-17-8-12-28-13-9-17)11-3-1-2-4-18-24-20(30-25-18)15-5-6-15/h7,10,14-15,17H,1-6,8-9,11-13H2. The fourth-order valence-electron chi connectivity index (χ4n) is 3.44. The summed E-state index contributed by atoms with van der Waals surface area (Å²) in [6, 6.07) is 3.68. The number of carbonyl (C=O) groups excluding carboxylic acids is 1. The molecule has 2 fully saturated rings. The highest BCUT2D eigenvalue weighted by Gasteiger charge is 2.29. The SMILES string of the molecule is O=C(OC1CCOCC1)N(CCCCCc1noc(C2CC2)n1)c1cc(Br)ccn1.